The summed E-state index contributed by atoms with van der Waals surface area (Å²) < 4.78 is 5.09. The summed E-state index contributed by atoms with van der Waals surface area (Å²) >= 11 is 0. The number of ether oxygens (including phenoxy) is 1. The lowest BCUT2D eigenvalue weighted by Gasteiger charge is -2.04. The molecular formula is C13H20N2O2. The molecule has 0 aromatic heterocycles. The summed E-state index contributed by atoms with van der Waals surface area (Å²) in [5.74, 6) is 0.921. The van der Waals surface area contributed by atoms with Gasteiger partial charge in [0, 0.05) is 13.5 Å². The average Bonchev–Trinajstić information content (AvgIpc) is 2.36. The number of hydrazine groups is 1. The molecule has 17 heavy (non-hydrogen) atoms. The zero-order chi connectivity index (χ0) is 12.5. The number of hydrogen-bond donors (Lipinski definition) is 2. The van der Waals surface area contributed by atoms with Crippen LogP contribution < -0.4 is 15.6 Å². The van der Waals surface area contributed by atoms with Crippen molar-refractivity contribution in [3.8, 4) is 5.75 Å². The first-order chi connectivity index (χ1) is 8.26. The van der Waals surface area contributed by atoms with E-state index < -0.39 is 0 Å². The SMILES string of the molecule is CNNC(=O)CCCCc1ccc(OC)cc1. The molecule has 2 N–H and O–H groups in total. The minimum absolute atomic E-state index is 0.0437. The summed E-state index contributed by atoms with van der Waals surface area (Å²) in [6, 6.07) is 8.05. The minimum atomic E-state index is 0.0437. The third-order valence-corrected chi connectivity index (χ3v) is 2.54. The molecule has 0 saturated heterocycles. The molecule has 0 aliphatic heterocycles. The minimum Gasteiger partial charge on any atom is -0.497 e. The molecule has 4 nitrogen and oxygen atoms in total. The van der Waals surface area contributed by atoms with E-state index in [-0.39, 0.29) is 5.91 Å². The van der Waals surface area contributed by atoms with Crippen molar-refractivity contribution in [3.63, 3.8) is 0 Å². The van der Waals surface area contributed by atoms with E-state index in [4.69, 9.17) is 4.74 Å². The molecule has 1 aromatic carbocycles. The smallest absolute Gasteiger partial charge is 0.234 e. The molecule has 0 bridgehead atoms. The largest absolute Gasteiger partial charge is 0.497 e. The predicted octanol–water partition coefficient (Wildman–Crippen LogP) is 1.66. The van der Waals surface area contributed by atoms with Crippen LogP contribution in [0.3, 0.4) is 0 Å². The average molecular weight is 236 g/mol. The van der Waals surface area contributed by atoms with Crippen molar-refractivity contribution in [2.24, 2.45) is 0 Å². The number of benzene rings is 1. The summed E-state index contributed by atoms with van der Waals surface area (Å²) in [5.41, 5.74) is 6.46. The Morgan fingerprint density at radius 2 is 1.94 bits per heavy atom. The number of aryl methyl sites for hydroxylation is 1. The highest BCUT2D eigenvalue weighted by molar-refractivity contribution is 5.75. The van der Waals surface area contributed by atoms with Crippen LogP contribution in [0.4, 0.5) is 0 Å². The molecule has 0 radical (unpaired) electrons. The number of methoxy groups -OCH3 is 1. The highest BCUT2D eigenvalue weighted by Gasteiger charge is 1.99. The number of rotatable bonds is 7. The van der Waals surface area contributed by atoms with E-state index in [0.29, 0.717) is 6.42 Å². The maximum Gasteiger partial charge on any atom is 0.234 e. The molecule has 1 amide bonds. The molecule has 0 spiro atoms. The topological polar surface area (TPSA) is 50.4 Å². The Morgan fingerprint density at radius 3 is 2.53 bits per heavy atom. The number of hydrogen-bond acceptors (Lipinski definition) is 3. The van der Waals surface area contributed by atoms with Gasteiger partial charge in [0.1, 0.15) is 5.75 Å². The molecular weight excluding hydrogens is 216 g/mol. The molecule has 1 aromatic rings. The second kappa shape index (κ2) is 7.68. The lowest BCUT2D eigenvalue weighted by Crippen LogP contribution is -2.33. The number of carbonyl (C=O) groups is 1. The standard InChI is InChI=1S/C13H20N2O2/c1-14-15-13(16)6-4-3-5-11-7-9-12(17-2)10-8-11/h7-10,14H,3-6H2,1-2H3,(H,15,16). The van der Waals surface area contributed by atoms with Crippen LogP contribution >= 0.6 is 0 Å². The first kappa shape index (κ1) is 13.5. The van der Waals surface area contributed by atoms with Gasteiger partial charge in [-0.25, -0.2) is 5.43 Å². The zero-order valence-electron chi connectivity index (χ0n) is 10.5. The van der Waals surface area contributed by atoms with E-state index in [1.165, 1.54) is 5.56 Å². The van der Waals surface area contributed by atoms with E-state index in [2.05, 4.69) is 23.0 Å². The molecule has 0 heterocycles. The van der Waals surface area contributed by atoms with Crippen molar-refractivity contribution in [1.82, 2.24) is 10.9 Å². The first-order valence-electron chi connectivity index (χ1n) is 5.84. The fourth-order valence-electron chi connectivity index (χ4n) is 1.61. The zero-order valence-corrected chi connectivity index (χ0v) is 10.5. The third-order valence-electron chi connectivity index (χ3n) is 2.54. The Hall–Kier alpha value is -1.55. The van der Waals surface area contributed by atoms with Gasteiger partial charge in [0.2, 0.25) is 5.91 Å². The first-order valence-corrected chi connectivity index (χ1v) is 5.84. The molecule has 0 atom stereocenters. The van der Waals surface area contributed by atoms with Crippen LogP contribution in [0.1, 0.15) is 24.8 Å². The number of carbonyl (C=O) groups excluding carboxylic acids is 1. The van der Waals surface area contributed by atoms with E-state index >= 15 is 0 Å². The van der Waals surface area contributed by atoms with Crippen LogP contribution in [-0.2, 0) is 11.2 Å². The summed E-state index contributed by atoms with van der Waals surface area (Å²) in [6.45, 7) is 0. The highest BCUT2D eigenvalue weighted by atomic mass is 16.5. The van der Waals surface area contributed by atoms with Crippen LogP contribution in [0.25, 0.3) is 0 Å². The van der Waals surface area contributed by atoms with Gasteiger partial charge in [0.25, 0.3) is 0 Å². The van der Waals surface area contributed by atoms with Crippen LogP contribution in [0, 0.1) is 0 Å². The third kappa shape index (κ3) is 5.36. The van der Waals surface area contributed by atoms with E-state index in [9.17, 15) is 4.79 Å². The normalized spacial score (nSPS) is 10.0. The van der Waals surface area contributed by atoms with Crippen LogP contribution in [0.15, 0.2) is 24.3 Å². The van der Waals surface area contributed by atoms with Gasteiger partial charge in [-0.05, 0) is 37.0 Å². The molecule has 0 aliphatic rings. The van der Waals surface area contributed by atoms with Crippen molar-refractivity contribution in [2.45, 2.75) is 25.7 Å². The Balaban J connectivity index is 2.19. The molecule has 94 valence electrons. The van der Waals surface area contributed by atoms with Gasteiger partial charge in [-0.15, -0.1) is 0 Å². The van der Waals surface area contributed by atoms with Crippen LogP contribution in [-0.4, -0.2) is 20.1 Å². The van der Waals surface area contributed by atoms with Gasteiger partial charge in [0.15, 0.2) is 0 Å². The molecule has 0 unspecified atom stereocenters. The number of unbranched alkanes of at least 4 members (excludes halogenated alkanes) is 1. The molecule has 0 aliphatic carbocycles. The van der Waals surface area contributed by atoms with Crippen molar-refractivity contribution < 1.29 is 9.53 Å². The van der Waals surface area contributed by atoms with E-state index in [1.807, 2.05) is 12.1 Å². The van der Waals surface area contributed by atoms with E-state index in [0.717, 1.165) is 25.0 Å². The van der Waals surface area contributed by atoms with Gasteiger partial charge < -0.3 is 4.74 Å². The van der Waals surface area contributed by atoms with Gasteiger partial charge in [-0.1, -0.05) is 12.1 Å². The molecule has 0 saturated carbocycles. The lowest BCUT2D eigenvalue weighted by atomic mass is 10.1. The summed E-state index contributed by atoms with van der Waals surface area (Å²) in [5, 5.41) is 0. The van der Waals surface area contributed by atoms with Gasteiger partial charge >= 0.3 is 0 Å². The van der Waals surface area contributed by atoms with Crippen molar-refractivity contribution >= 4 is 5.91 Å². The Kier molecular flexibility index (Phi) is 6.10. The Bertz CT molecular complexity index is 336. The Morgan fingerprint density at radius 1 is 1.24 bits per heavy atom. The summed E-state index contributed by atoms with van der Waals surface area (Å²) in [6.07, 6.45) is 3.48. The molecule has 4 heteroatoms. The van der Waals surface area contributed by atoms with Gasteiger partial charge in [0.05, 0.1) is 7.11 Å². The highest BCUT2D eigenvalue weighted by Crippen LogP contribution is 2.13. The van der Waals surface area contributed by atoms with Crippen LogP contribution in [0.5, 0.6) is 5.75 Å². The maximum absolute atomic E-state index is 11.1. The van der Waals surface area contributed by atoms with Crippen molar-refractivity contribution in [3.05, 3.63) is 29.8 Å². The molecule has 0 fully saturated rings. The van der Waals surface area contributed by atoms with Crippen LogP contribution in [0.2, 0.25) is 0 Å². The van der Waals surface area contributed by atoms with Crippen molar-refractivity contribution in [1.29, 1.82) is 0 Å². The lowest BCUT2D eigenvalue weighted by molar-refractivity contribution is -0.122. The quantitative estimate of drug-likeness (QED) is 0.559. The Labute approximate surface area is 102 Å². The second-order valence-electron chi connectivity index (χ2n) is 3.85. The van der Waals surface area contributed by atoms with Crippen molar-refractivity contribution in [2.75, 3.05) is 14.2 Å². The fraction of sp³-hybridized carbons (Fsp3) is 0.462. The van der Waals surface area contributed by atoms with Gasteiger partial charge in [-0.3, -0.25) is 10.2 Å². The van der Waals surface area contributed by atoms with E-state index in [1.54, 1.807) is 14.2 Å². The maximum atomic E-state index is 11.1. The number of nitrogens with one attached hydrogen (secondary N) is 2. The van der Waals surface area contributed by atoms with Gasteiger partial charge in [-0.2, -0.15) is 0 Å². The monoisotopic (exact) mass is 236 g/mol. The predicted molar refractivity (Wildman–Crippen MR) is 67.8 cm³/mol. The second-order valence-corrected chi connectivity index (χ2v) is 3.85. The molecule has 1 rings (SSSR count). The number of amides is 1. The summed E-state index contributed by atoms with van der Waals surface area (Å²) in [4.78, 5) is 11.1. The fourth-order valence-corrected chi connectivity index (χ4v) is 1.61. The summed E-state index contributed by atoms with van der Waals surface area (Å²) in [7, 11) is 3.35.